The molecule has 0 heterocycles. The number of nitrogens with zero attached hydrogens (tertiary/aromatic N) is 1. The first kappa shape index (κ1) is 29.5. The predicted octanol–water partition coefficient (Wildman–Crippen LogP) is 1.80. The highest BCUT2D eigenvalue weighted by atomic mass is 16.3. The molecule has 3 amide bonds. The minimum atomic E-state index is -1.10. The highest BCUT2D eigenvalue weighted by Gasteiger charge is 2.34. The first-order valence-corrected chi connectivity index (χ1v) is 12.3. The smallest absolute Gasteiger partial charge is 0.243 e. The van der Waals surface area contributed by atoms with Gasteiger partial charge in [-0.05, 0) is 35.6 Å². The number of primary amides is 1. The van der Waals surface area contributed by atoms with Crippen LogP contribution in [-0.2, 0) is 27.2 Å². The van der Waals surface area contributed by atoms with Crippen LogP contribution < -0.4 is 16.8 Å². The lowest BCUT2D eigenvalue weighted by Crippen LogP contribution is -2.58. The van der Waals surface area contributed by atoms with Gasteiger partial charge in [0, 0.05) is 19.4 Å². The molecule has 3 atom stereocenters. The van der Waals surface area contributed by atoms with Gasteiger partial charge in [0.2, 0.25) is 17.7 Å². The second-order valence-electron chi connectivity index (χ2n) is 9.97. The molecule has 2 rings (SSSR count). The van der Waals surface area contributed by atoms with Crippen molar-refractivity contribution < 1.29 is 24.3 Å². The van der Waals surface area contributed by atoms with E-state index in [1.807, 2.05) is 30.3 Å². The van der Waals surface area contributed by atoms with E-state index in [-0.39, 0.29) is 35.4 Å². The number of carbonyl (C=O) groups is 4. The summed E-state index contributed by atoms with van der Waals surface area (Å²) in [5.41, 5.74) is 13.3. The van der Waals surface area contributed by atoms with Gasteiger partial charge in [-0.15, -0.1) is 0 Å². The number of phenols is 1. The largest absolute Gasteiger partial charge is 0.507 e. The molecule has 0 unspecified atom stereocenters. The van der Waals surface area contributed by atoms with Crippen molar-refractivity contribution in [3.05, 3.63) is 65.2 Å². The molecule has 0 saturated heterocycles. The number of phenolic OH excluding ortho intramolecular Hbond substituents is 1. The molecule has 2 aromatic carbocycles. The summed E-state index contributed by atoms with van der Waals surface area (Å²) in [4.78, 5) is 52.3. The molecule has 0 aliphatic heterocycles. The Labute approximate surface area is 218 Å². The standard InChI is InChI=1S/C28H38N4O5/c1-16(2)24(32(5)28(37)21(29)14-18-9-7-6-8-10-18)27(36)31-22(26(30)35)15-19-11-12-23(33)20(13-19)25(34)17(3)4/h6-13,16-17,21-22,24,33H,14-15,29H2,1-5H3,(H2,30,35)(H,31,36)/t21-,22-,24-/m0/s1. The fourth-order valence-electron chi connectivity index (χ4n) is 4.21. The average Bonchev–Trinajstić information content (AvgIpc) is 2.83. The van der Waals surface area contributed by atoms with E-state index in [4.69, 9.17) is 11.5 Å². The van der Waals surface area contributed by atoms with Crippen molar-refractivity contribution in [1.29, 1.82) is 0 Å². The topological polar surface area (TPSA) is 156 Å². The van der Waals surface area contributed by atoms with E-state index in [2.05, 4.69) is 5.32 Å². The molecule has 0 spiro atoms. The molecule has 0 bridgehead atoms. The highest BCUT2D eigenvalue weighted by molar-refractivity contribution is 6.00. The molecule has 37 heavy (non-hydrogen) atoms. The Kier molecular flexibility index (Phi) is 10.4. The lowest BCUT2D eigenvalue weighted by Gasteiger charge is -2.33. The normalized spacial score (nSPS) is 13.6. The number of Topliss-reactive ketones (excluding diaryl/α,β-unsaturated/α-hetero) is 1. The van der Waals surface area contributed by atoms with E-state index < -0.39 is 35.8 Å². The Hall–Kier alpha value is -3.72. The molecule has 2 aromatic rings. The third-order valence-corrected chi connectivity index (χ3v) is 6.23. The van der Waals surface area contributed by atoms with Crippen molar-refractivity contribution in [1.82, 2.24) is 10.2 Å². The number of hydrogen-bond acceptors (Lipinski definition) is 6. The third kappa shape index (κ3) is 7.88. The zero-order chi connectivity index (χ0) is 27.9. The summed E-state index contributed by atoms with van der Waals surface area (Å²) in [7, 11) is 1.51. The summed E-state index contributed by atoms with van der Waals surface area (Å²) in [5.74, 6) is -2.73. The minimum Gasteiger partial charge on any atom is -0.507 e. The average molecular weight is 511 g/mol. The summed E-state index contributed by atoms with van der Waals surface area (Å²) in [5, 5.41) is 12.8. The maximum Gasteiger partial charge on any atom is 0.243 e. The van der Waals surface area contributed by atoms with Gasteiger partial charge in [0.05, 0.1) is 11.6 Å². The summed E-state index contributed by atoms with van der Waals surface area (Å²) in [6.07, 6.45) is 0.328. The van der Waals surface area contributed by atoms with Crippen LogP contribution >= 0.6 is 0 Å². The molecular weight excluding hydrogens is 472 g/mol. The van der Waals surface area contributed by atoms with Crippen molar-refractivity contribution in [2.75, 3.05) is 7.05 Å². The molecule has 0 aliphatic rings. The quantitative estimate of drug-likeness (QED) is 0.319. The molecule has 0 radical (unpaired) electrons. The second kappa shape index (κ2) is 13.0. The number of rotatable bonds is 12. The van der Waals surface area contributed by atoms with Gasteiger partial charge in [-0.25, -0.2) is 0 Å². The molecule has 0 fully saturated rings. The van der Waals surface area contributed by atoms with Gasteiger partial charge >= 0.3 is 0 Å². The van der Waals surface area contributed by atoms with Gasteiger partial charge in [-0.2, -0.15) is 0 Å². The minimum absolute atomic E-state index is 0.00965. The first-order valence-electron chi connectivity index (χ1n) is 12.3. The van der Waals surface area contributed by atoms with Gasteiger partial charge < -0.3 is 26.8 Å². The van der Waals surface area contributed by atoms with Gasteiger partial charge in [-0.3, -0.25) is 19.2 Å². The summed E-state index contributed by atoms with van der Waals surface area (Å²) in [6.45, 7) is 7.02. The van der Waals surface area contributed by atoms with Crippen molar-refractivity contribution in [2.24, 2.45) is 23.3 Å². The predicted molar refractivity (Wildman–Crippen MR) is 142 cm³/mol. The number of carbonyl (C=O) groups excluding carboxylic acids is 4. The Morgan fingerprint density at radius 3 is 2.11 bits per heavy atom. The monoisotopic (exact) mass is 510 g/mol. The van der Waals surface area contributed by atoms with Crippen LogP contribution in [-0.4, -0.2) is 58.7 Å². The second-order valence-corrected chi connectivity index (χ2v) is 9.97. The molecule has 9 nitrogen and oxygen atoms in total. The fourth-order valence-corrected chi connectivity index (χ4v) is 4.21. The van der Waals surface area contributed by atoms with Crippen molar-refractivity contribution in [3.63, 3.8) is 0 Å². The number of aromatic hydroxyl groups is 1. The van der Waals surface area contributed by atoms with Crippen LogP contribution in [0.25, 0.3) is 0 Å². The van der Waals surface area contributed by atoms with Crippen molar-refractivity contribution >= 4 is 23.5 Å². The molecule has 200 valence electrons. The van der Waals surface area contributed by atoms with Gasteiger partial charge in [-0.1, -0.05) is 64.1 Å². The lowest BCUT2D eigenvalue weighted by atomic mass is 9.95. The Bertz CT molecular complexity index is 1120. The zero-order valence-electron chi connectivity index (χ0n) is 22.1. The van der Waals surface area contributed by atoms with Crippen LogP contribution in [0, 0.1) is 11.8 Å². The number of hydrogen-bond donors (Lipinski definition) is 4. The van der Waals surface area contributed by atoms with E-state index in [9.17, 15) is 24.3 Å². The molecular formula is C28H38N4O5. The molecule has 9 heteroatoms. The maximum atomic E-state index is 13.3. The van der Waals surface area contributed by atoms with E-state index in [0.717, 1.165) is 5.56 Å². The first-order chi connectivity index (χ1) is 17.3. The van der Waals surface area contributed by atoms with Crippen molar-refractivity contribution in [2.45, 2.75) is 58.7 Å². The molecule has 0 saturated carbocycles. The van der Waals surface area contributed by atoms with Gasteiger partial charge in [0.15, 0.2) is 5.78 Å². The Balaban J connectivity index is 2.19. The summed E-state index contributed by atoms with van der Waals surface area (Å²) >= 11 is 0. The SMILES string of the molecule is CC(C)C(=O)c1cc(C[C@H](NC(=O)[C@H](C(C)C)N(C)C(=O)[C@@H](N)Cc2ccccc2)C(N)=O)ccc1O. The van der Waals surface area contributed by atoms with Crippen LogP contribution in [0.3, 0.4) is 0 Å². The van der Waals surface area contributed by atoms with Crippen LogP contribution in [0.15, 0.2) is 48.5 Å². The number of likely N-dealkylation sites (N-methyl/N-ethyl adjacent to an activating group) is 1. The summed E-state index contributed by atoms with van der Waals surface area (Å²) in [6, 6.07) is 11.0. The Morgan fingerprint density at radius 1 is 0.946 bits per heavy atom. The number of amides is 3. The van der Waals surface area contributed by atoms with E-state index >= 15 is 0 Å². The number of nitrogens with one attached hydrogen (secondary N) is 1. The maximum absolute atomic E-state index is 13.3. The summed E-state index contributed by atoms with van der Waals surface area (Å²) < 4.78 is 0. The lowest BCUT2D eigenvalue weighted by molar-refractivity contribution is -0.142. The highest BCUT2D eigenvalue weighted by Crippen LogP contribution is 2.23. The zero-order valence-corrected chi connectivity index (χ0v) is 22.1. The Morgan fingerprint density at radius 2 is 1.57 bits per heavy atom. The van der Waals surface area contributed by atoms with Crippen LogP contribution in [0.4, 0.5) is 0 Å². The number of nitrogens with two attached hydrogens (primary N) is 2. The van der Waals surface area contributed by atoms with Crippen LogP contribution in [0.5, 0.6) is 5.75 Å². The van der Waals surface area contributed by atoms with E-state index in [1.54, 1.807) is 33.8 Å². The molecule has 0 aromatic heterocycles. The fraction of sp³-hybridized carbons (Fsp3) is 0.429. The van der Waals surface area contributed by atoms with Gasteiger partial charge in [0.1, 0.15) is 17.8 Å². The number of ketones is 1. The third-order valence-electron chi connectivity index (χ3n) is 6.23. The van der Waals surface area contributed by atoms with Crippen LogP contribution in [0.1, 0.15) is 49.2 Å². The number of benzene rings is 2. The van der Waals surface area contributed by atoms with E-state index in [1.165, 1.54) is 24.1 Å². The van der Waals surface area contributed by atoms with Crippen molar-refractivity contribution in [3.8, 4) is 5.75 Å². The van der Waals surface area contributed by atoms with Gasteiger partial charge in [0.25, 0.3) is 0 Å². The molecule has 0 aliphatic carbocycles. The van der Waals surface area contributed by atoms with Crippen LogP contribution in [0.2, 0.25) is 0 Å². The molecule has 6 N–H and O–H groups in total. The van der Waals surface area contributed by atoms with E-state index in [0.29, 0.717) is 12.0 Å².